The molecule has 1 fully saturated rings. The van der Waals surface area contributed by atoms with E-state index in [1.54, 1.807) is 6.20 Å². The zero-order chi connectivity index (χ0) is 13.1. The van der Waals surface area contributed by atoms with E-state index in [9.17, 15) is 0 Å². The molecule has 4 heteroatoms. The summed E-state index contributed by atoms with van der Waals surface area (Å²) in [5.41, 5.74) is 1.02. The van der Waals surface area contributed by atoms with Gasteiger partial charge >= 0.3 is 0 Å². The van der Waals surface area contributed by atoms with Gasteiger partial charge in [-0.05, 0) is 43.2 Å². The summed E-state index contributed by atoms with van der Waals surface area (Å²) < 4.78 is 6.85. The largest absolute Gasteiger partial charge is 0.457 e. The highest BCUT2D eigenvalue weighted by Crippen LogP contribution is 2.24. The van der Waals surface area contributed by atoms with E-state index in [0.29, 0.717) is 6.04 Å². The number of hydrogen-bond donors (Lipinski definition) is 1. The van der Waals surface area contributed by atoms with E-state index < -0.39 is 0 Å². The van der Waals surface area contributed by atoms with E-state index in [0.717, 1.165) is 28.2 Å². The third-order valence-corrected chi connectivity index (χ3v) is 3.52. The zero-order valence-corrected chi connectivity index (χ0v) is 12.1. The van der Waals surface area contributed by atoms with Crippen molar-refractivity contribution in [3.8, 4) is 11.5 Å². The quantitative estimate of drug-likeness (QED) is 0.908. The minimum absolute atomic E-state index is 0.692. The van der Waals surface area contributed by atoms with E-state index in [4.69, 9.17) is 4.74 Å². The maximum atomic E-state index is 5.81. The van der Waals surface area contributed by atoms with Crippen LogP contribution in [-0.2, 0) is 6.54 Å². The Hall–Kier alpha value is -1.39. The SMILES string of the molecule is Brc1ccc(Oc2ccnc(CNC3CC3)c2)cc1. The number of nitrogens with one attached hydrogen (secondary N) is 1. The van der Waals surface area contributed by atoms with Crippen molar-refractivity contribution in [3.63, 3.8) is 0 Å². The number of halogens is 1. The summed E-state index contributed by atoms with van der Waals surface area (Å²) in [5, 5.41) is 3.45. The lowest BCUT2D eigenvalue weighted by molar-refractivity contribution is 0.480. The highest BCUT2D eigenvalue weighted by atomic mass is 79.9. The second-order valence-corrected chi connectivity index (χ2v) is 5.61. The zero-order valence-electron chi connectivity index (χ0n) is 10.5. The molecule has 3 nitrogen and oxygen atoms in total. The van der Waals surface area contributed by atoms with Gasteiger partial charge in [0.05, 0.1) is 5.69 Å². The number of hydrogen-bond acceptors (Lipinski definition) is 3. The molecule has 0 saturated heterocycles. The molecular weight excluding hydrogens is 304 g/mol. The molecule has 1 aliphatic rings. The van der Waals surface area contributed by atoms with Crippen LogP contribution in [0.1, 0.15) is 18.5 Å². The third-order valence-electron chi connectivity index (χ3n) is 2.99. The monoisotopic (exact) mass is 318 g/mol. The van der Waals surface area contributed by atoms with Gasteiger partial charge in [-0.15, -0.1) is 0 Å². The van der Waals surface area contributed by atoms with Gasteiger partial charge in [-0.3, -0.25) is 4.98 Å². The highest BCUT2D eigenvalue weighted by Gasteiger charge is 2.20. The van der Waals surface area contributed by atoms with Crippen LogP contribution in [0.2, 0.25) is 0 Å². The summed E-state index contributed by atoms with van der Waals surface area (Å²) >= 11 is 3.41. The summed E-state index contributed by atoms with van der Waals surface area (Å²) in [5.74, 6) is 1.65. The Morgan fingerprint density at radius 2 is 1.95 bits per heavy atom. The maximum Gasteiger partial charge on any atom is 0.130 e. The van der Waals surface area contributed by atoms with Gasteiger partial charge in [0.2, 0.25) is 0 Å². The first-order valence-corrected chi connectivity index (χ1v) is 7.21. The van der Waals surface area contributed by atoms with Gasteiger partial charge in [-0.25, -0.2) is 0 Å². The number of nitrogens with zero attached hydrogens (tertiary/aromatic N) is 1. The van der Waals surface area contributed by atoms with E-state index in [1.807, 2.05) is 36.4 Å². The summed E-state index contributed by atoms with van der Waals surface area (Å²) in [6.07, 6.45) is 4.36. The summed E-state index contributed by atoms with van der Waals surface area (Å²) in [7, 11) is 0. The van der Waals surface area contributed by atoms with Crippen molar-refractivity contribution in [1.29, 1.82) is 0 Å². The Kier molecular flexibility index (Phi) is 3.80. The summed E-state index contributed by atoms with van der Waals surface area (Å²) in [4.78, 5) is 4.34. The second kappa shape index (κ2) is 5.72. The van der Waals surface area contributed by atoms with Crippen LogP contribution in [0, 0.1) is 0 Å². The van der Waals surface area contributed by atoms with E-state index in [2.05, 4.69) is 26.2 Å². The van der Waals surface area contributed by atoms with Crippen molar-refractivity contribution < 1.29 is 4.74 Å². The normalized spacial score (nSPS) is 14.4. The standard InChI is InChI=1S/C15H15BrN2O/c16-11-1-5-14(6-2-11)19-15-7-8-17-13(9-15)10-18-12-3-4-12/h1-2,5-9,12,18H,3-4,10H2. The van der Waals surface area contributed by atoms with Crippen LogP contribution in [0.5, 0.6) is 11.5 Å². The average molecular weight is 319 g/mol. The summed E-state index contributed by atoms with van der Waals surface area (Å²) in [6.45, 7) is 0.808. The number of ether oxygens (including phenoxy) is 1. The van der Waals surface area contributed by atoms with Crippen molar-refractivity contribution in [2.45, 2.75) is 25.4 Å². The van der Waals surface area contributed by atoms with Gasteiger partial charge in [0.25, 0.3) is 0 Å². The first-order valence-electron chi connectivity index (χ1n) is 6.41. The molecule has 0 bridgehead atoms. The average Bonchev–Trinajstić information content (AvgIpc) is 3.24. The smallest absolute Gasteiger partial charge is 0.130 e. The molecule has 0 aliphatic heterocycles. The van der Waals surface area contributed by atoms with Crippen molar-refractivity contribution in [3.05, 3.63) is 52.8 Å². The van der Waals surface area contributed by atoms with Crippen LogP contribution < -0.4 is 10.1 Å². The number of pyridine rings is 1. The lowest BCUT2D eigenvalue weighted by Gasteiger charge is -2.07. The van der Waals surface area contributed by atoms with E-state index in [-0.39, 0.29) is 0 Å². The molecule has 19 heavy (non-hydrogen) atoms. The lowest BCUT2D eigenvalue weighted by Crippen LogP contribution is -2.16. The predicted octanol–water partition coefficient (Wildman–Crippen LogP) is 3.89. The Balaban J connectivity index is 1.66. The van der Waals surface area contributed by atoms with E-state index in [1.165, 1.54) is 12.8 Å². The Morgan fingerprint density at radius 3 is 2.68 bits per heavy atom. The van der Waals surface area contributed by atoms with Gasteiger partial charge in [0.1, 0.15) is 11.5 Å². The van der Waals surface area contributed by atoms with Gasteiger partial charge in [-0.1, -0.05) is 15.9 Å². The molecule has 2 aromatic rings. The molecule has 0 amide bonds. The van der Waals surface area contributed by atoms with Gasteiger partial charge in [0, 0.05) is 29.3 Å². The van der Waals surface area contributed by atoms with Crippen molar-refractivity contribution in [1.82, 2.24) is 10.3 Å². The first kappa shape index (κ1) is 12.6. The molecule has 1 N–H and O–H groups in total. The van der Waals surface area contributed by atoms with Crippen molar-refractivity contribution in [2.24, 2.45) is 0 Å². The van der Waals surface area contributed by atoms with Crippen LogP contribution in [0.4, 0.5) is 0 Å². The fourth-order valence-electron chi connectivity index (χ4n) is 1.79. The topological polar surface area (TPSA) is 34.1 Å². The second-order valence-electron chi connectivity index (χ2n) is 4.69. The minimum Gasteiger partial charge on any atom is -0.457 e. The summed E-state index contributed by atoms with van der Waals surface area (Å²) in [6, 6.07) is 12.4. The Labute approximate surface area is 121 Å². The van der Waals surface area contributed by atoms with Gasteiger partial charge < -0.3 is 10.1 Å². The van der Waals surface area contributed by atoms with Crippen LogP contribution in [-0.4, -0.2) is 11.0 Å². The van der Waals surface area contributed by atoms with Crippen LogP contribution in [0.3, 0.4) is 0 Å². The molecule has 1 aromatic carbocycles. The fraction of sp³-hybridized carbons (Fsp3) is 0.267. The molecular formula is C15H15BrN2O. The molecule has 1 aliphatic carbocycles. The van der Waals surface area contributed by atoms with Crippen molar-refractivity contribution in [2.75, 3.05) is 0 Å². The predicted molar refractivity (Wildman–Crippen MR) is 78.3 cm³/mol. The molecule has 0 atom stereocenters. The number of aromatic nitrogens is 1. The van der Waals surface area contributed by atoms with Gasteiger partial charge in [-0.2, -0.15) is 0 Å². The van der Waals surface area contributed by atoms with E-state index >= 15 is 0 Å². The van der Waals surface area contributed by atoms with Crippen LogP contribution in [0.15, 0.2) is 47.1 Å². The lowest BCUT2D eigenvalue weighted by atomic mass is 10.3. The Morgan fingerprint density at radius 1 is 1.16 bits per heavy atom. The van der Waals surface area contributed by atoms with Crippen molar-refractivity contribution >= 4 is 15.9 Å². The minimum atomic E-state index is 0.692. The molecule has 98 valence electrons. The number of rotatable bonds is 5. The molecule has 0 unspecified atom stereocenters. The van der Waals surface area contributed by atoms with Crippen LogP contribution >= 0.6 is 15.9 Å². The first-order chi connectivity index (χ1) is 9.29. The molecule has 0 radical (unpaired) electrons. The molecule has 1 aromatic heterocycles. The van der Waals surface area contributed by atoms with Crippen LogP contribution in [0.25, 0.3) is 0 Å². The fourth-order valence-corrected chi connectivity index (χ4v) is 2.06. The molecule has 0 spiro atoms. The molecule has 1 saturated carbocycles. The molecule has 3 rings (SSSR count). The molecule has 1 heterocycles. The highest BCUT2D eigenvalue weighted by molar-refractivity contribution is 9.10. The third kappa shape index (κ3) is 3.78. The maximum absolute atomic E-state index is 5.81. The number of benzene rings is 1. The Bertz CT molecular complexity index is 552. The van der Waals surface area contributed by atoms with Gasteiger partial charge in [0.15, 0.2) is 0 Å².